The van der Waals surface area contributed by atoms with Crippen LogP contribution in [0.3, 0.4) is 0 Å². The van der Waals surface area contributed by atoms with Gasteiger partial charge in [0.05, 0.1) is 7.11 Å². The van der Waals surface area contributed by atoms with Crippen LogP contribution in [0.15, 0.2) is 36.7 Å². The van der Waals surface area contributed by atoms with Crippen LogP contribution in [0.5, 0.6) is 5.75 Å². The minimum atomic E-state index is 0.507. The molecular weight excluding hydrogens is 274 g/mol. The Balaban J connectivity index is 1.71. The molecule has 4 heteroatoms. The standard InChI is InChI=1S/C18H25N3O/c1-15-19-9-11-20(15)12-13-21-10-4-3-8-18(21)16-6-5-7-17(14-16)22-2/h5-7,9,11,14,18H,3-4,8,10,12-13H2,1-2H3. The van der Waals surface area contributed by atoms with E-state index in [1.165, 1.54) is 31.4 Å². The largest absolute Gasteiger partial charge is 0.497 e. The Bertz CT molecular complexity index is 608. The minimum absolute atomic E-state index is 0.507. The van der Waals surface area contributed by atoms with E-state index in [1.54, 1.807) is 7.11 Å². The van der Waals surface area contributed by atoms with E-state index >= 15 is 0 Å². The molecule has 1 saturated heterocycles. The van der Waals surface area contributed by atoms with E-state index in [2.05, 4.69) is 45.8 Å². The summed E-state index contributed by atoms with van der Waals surface area (Å²) in [6, 6.07) is 9.04. The Morgan fingerprint density at radius 2 is 2.18 bits per heavy atom. The minimum Gasteiger partial charge on any atom is -0.497 e. The van der Waals surface area contributed by atoms with Gasteiger partial charge in [0.1, 0.15) is 11.6 Å². The lowest BCUT2D eigenvalue weighted by molar-refractivity contribution is 0.143. The monoisotopic (exact) mass is 299 g/mol. The lowest BCUT2D eigenvalue weighted by atomic mass is 9.95. The maximum Gasteiger partial charge on any atom is 0.119 e. The average Bonchev–Trinajstić information content (AvgIpc) is 2.98. The normalized spacial score (nSPS) is 19.3. The molecule has 0 radical (unpaired) electrons. The maximum absolute atomic E-state index is 5.38. The molecule has 0 N–H and O–H groups in total. The molecule has 2 aromatic rings. The van der Waals surface area contributed by atoms with Crippen LogP contribution in [0.2, 0.25) is 0 Å². The molecule has 1 aliphatic heterocycles. The van der Waals surface area contributed by atoms with Crippen LogP contribution in [0.25, 0.3) is 0 Å². The third kappa shape index (κ3) is 3.33. The van der Waals surface area contributed by atoms with Crippen LogP contribution in [-0.2, 0) is 6.54 Å². The van der Waals surface area contributed by atoms with Gasteiger partial charge in [0, 0.05) is 31.5 Å². The molecule has 1 unspecified atom stereocenters. The number of imidazole rings is 1. The number of hydrogen-bond donors (Lipinski definition) is 0. The number of aryl methyl sites for hydroxylation is 1. The molecule has 1 aromatic carbocycles. The van der Waals surface area contributed by atoms with E-state index in [4.69, 9.17) is 4.74 Å². The summed E-state index contributed by atoms with van der Waals surface area (Å²) in [5.74, 6) is 2.04. The van der Waals surface area contributed by atoms with Crippen molar-refractivity contribution in [2.45, 2.75) is 38.8 Å². The van der Waals surface area contributed by atoms with Crippen LogP contribution in [0.4, 0.5) is 0 Å². The van der Waals surface area contributed by atoms with Gasteiger partial charge < -0.3 is 9.30 Å². The molecule has 1 atom stereocenters. The van der Waals surface area contributed by atoms with Crippen molar-refractivity contribution in [2.24, 2.45) is 0 Å². The van der Waals surface area contributed by atoms with Crippen molar-refractivity contribution in [2.75, 3.05) is 20.2 Å². The summed E-state index contributed by atoms with van der Waals surface area (Å²) in [4.78, 5) is 6.92. The number of rotatable bonds is 5. The third-order valence-corrected chi connectivity index (χ3v) is 4.64. The van der Waals surface area contributed by atoms with Gasteiger partial charge in [0.2, 0.25) is 0 Å². The summed E-state index contributed by atoms with van der Waals surface area (Å²) in [5, 5.41) is 0. The first-order valence-electron chi connectivity index (χ1n) is 8.13. The van der Waals surface area contributed by atoms with Crippen LogP contribution in [0, 0.1) is 6.92 Å². The Hall–Kier alpha value is -1.81. The fourth-order valence-corrected chi connectivity index (χ4v) is 3.36. The lowest BCUT2D eigenvalue weighted by Gasteiger charge is -2.36. The van der Waals surface area contributed by atoms with Gasteiger partial charge in [-0.1, -0.05) is 18.6 Å². The summed E-state index contributed by atoms with van der Waals surface area (Å²) >= 11 is 0. The molecule has 1 aromatic heterocycles. The molecule has 0 saturated carbocycles. The Morgan fingerprint density at radius 3 is 2.95 bits per heavy atom. The van der Waals surface area contributed by atoms with E-state index in [0.717, 1.165) is 24.7 Å². The molecule has 0 bridgehead atoms. The summed E-state index contributed by atoms with van der Waals surface area (Å²) in [5.41, 5.74) is 1.38. The first-order valence-corrected chi connectivity index (χ1v) is 8.13. The number of nitrogens with zero attached hydrogens (tertiary/aromatic N) is 3. The predicted molar refractivity (Wildman–Crippen MR) is 88.1 cm³/mol. The second-order valence-electron chi connectivity index (χ2n) is 5.99. The topological polar surface area (TPSA) is 30.3 Å². The highest BCUT2D eigenvalue weighted by Gasteiger charge is 2.24. The van der Waals surface area contributed by atoms with Crippen LogP contribution in [0.1, 0.15) is 36.7 Å². The molecule has 3 rings (SSSR count). The number of ether oxygens (including phenoxy) is 1. The van der Waals surface area contributed by atoms with Gasteiger partial charge in [-0.05, 0) is 44.0 Å². The van der Waals surface area contributed by atoms with Crippen molar-refractivity contribution >= 4 is 0 Å². The van der Waals surface area contributed by atoms with Gasteiger partial charge in [-0.3, -0.25) is 4.90 Å². The fourth-order valence-electron chi connectivity index (χ4n) is 3.36. The number of methoxy groups -OCH3 is 1. The third-order valence-electron chi connectivity index (χ3n) is 4.64. The first-order chi connectivity index (χ1) is 10.8. The average molecular weight is 299 g/mol. The van der Waals surface area contributed by atoms with E-state index in [-0.39, 0.29) is 0 Å². The highest BCUT2D eigenvalue weighted by atomic mass is 16.5. The van der Waals surface area contributed by atoms with Gasteiger partial charge in [-0.2, -0.15) is 0 Å². The highest BCUT2D eigenvalue weighted by Crippen LogP contribution is 2.32. The molecule has 1 fully saturated rings. The lowest BCUT2D eigenvalue weighted by Crippen LogP contribution is -2.35. The van der Waals surface area contributed by atoms with Crippen molar-refractivity contribution in [3.8, 4) is 5.75 Å². The van der Waals surface area contributed by atoms with Crippen molar-refractivity contribution in [1.82, 2.24) is 14.5 Å². The predicted octanol–water partition coefficient (Wildman–Crippen LogP) is 3.43. The van der Waals surface area contributed by atoms with Gasteiger partial charge >= 0.3 is 0 Å². The van der Waals surface area contributed by atoms with Crippen LogP contribution in [-0.4, -0.2) is 34.7 Å². The van der Waals surface area contributed by atoms with Gasteiger partial charge in [0.25, 0.3) is 0 Å². The summed E-state index contributed by atoms with van der Waals surface area (Å²) in [7, 11) is 1.74. The molecule has 1 aliphatic rings. The van der Waals surface area contributed by atoms with Crippen molar-refractivity contribution < 1.29 is 4.74 Å². The van der Waals surface area contributed by atoms with Crippen LogP contribution >= 0.6 is 0 Å². The highest BCUT2D eigenvalue weighted by molar-refractivity contribution is 5.30. The fraction of sp³-hybridized carbons (Fsp3) is 0.500. The van der Waals surface area contributed by atoms with Gasteiger partial charge in [-0.25, -0.2) is 4.98 Å². The second kappa shape index (κ2) is 6.97. The molecule has 0 aliphatic carbocycles. The summed E-state index contributed by atoms with van der Waals surface area (Å²) < 4.78 is 7.62. The Kier molecular flexibility index (Phi) is 4.78. The molecule has 0 amide bonds. The Morgan fingerprint density at radius 1 is 1.27 bits per heavy atom. The Labute approximate surface area is 132 Å². The number of hydrogen-bond acceptors (Lipinski definition) is 3. The van der Waals surface area contributed by atoms with E-state index in [1.807, 2.05) is 12.3 Å². The second-order valence-corrected chi connectivity index (χ2v) is 5.99. The summed E-state index contributed by atoms with van der Waals surface area (Å²) in [6.45, 7) is 5.32. The zero-order chi connectivity index (χ0) is 15.4. The summed E-state index contributed by atoms with van der Waals surface area (Å²) in [6.07, 6.45) is 7.78. The van der Waals surface area contributed by atoms with E-state index < -0.39 is 0 Å². The smallest absolute Gasteiger partial charge is 0.119 e. The molecule has 4 nitrogen and oxygen atoms in total. The number of aromatic nitrogens is 2. The molecule has 2 heterocycles. The SMILES string of the molecule is COc1cccc(C2CCCCN2CCn2ccnc2C)c1. The van der Waals surface area contributed by atoms with Crippen molar-refractivity contribution in [1.29, 1.82) is 0 Å². The van der Waals surface area contributed by atoms with E-state index in [9.17, 15) is 0 Å². The number of piperidine rings is 1. The zero-order valence-electron chi connectivity index (χ0n) is 13.5. The molecule has 22 heavy (non-hydrogen) atoms. The molecule has 0 spiro atoms. The number of benzene rings is 1. The zero-order valence-corrected chi connectivity index (χ0v) is 13.5. The van der Waals surface area contributed by atoms with Gasteiger partial charge in [0.15, 0.2) is 0 Å². The quantitative estimate of drug-likeness (QED) is 0.847. The first kappa shape index (κ1) is 15.1. The van der Waals surface area contributed by atoms with Crippen molar-refractivity contribution in [3.05, 3.63) is 48.0 Å². The van der Waals surface area contributed by atoms with Crippen molar-refractivity contribution in [3.63, 3.8) is 0 Å². The van der Waals surface area contributed by atoms with Crippen LogP contribution < -0.4 is 4.74 Å². The maximum atomic E-state index is 5.38. The molecular formula is C18H25N3O. The van der Waals surface area contributed by atoms with E-state index in [0.29, 0.717) is 6.04 Å². The number of likely N-dealkylation sites (tertiary alicyclic amines) is 1. The molecule has 118 valence electrons. The van der Waals surface area contributed by atoms with Gasteiger partial charge in [-0.15, -0.1) is 0 Å².